The average molecular weight is 311 g/mol. The summed E-state index contributed by atoms with van der Waals surface area (Å²) < 4.78 is 1.09. The second kappa shape index (κ2) is 5.67. The molecule has 0 aliphatic carbocycles. The van der Waals surface area contributed by atoms with E-state index < -0.39 is 0 Å². The van der Waals surface area contributed by atoms with E-state index in [4.69, 9.17) is 5.73 Å². The van der Waals surface area contributed by atoms with Crippen molar-refractivity contribution in [2.24, 2.45) is 5.73 Å². The maximum atomic E-state index is 5.77. The van der Waals surface area contributed by atoms with Crippen LogP contribution in [0.4, 0.5) is 5.69 Å². The molecule has 2 nitrogen and oxygen atoms in total. The van der Waals surface area contributed by atoms with Gasteiger partial charge in [-0.1, -0.05) is 28.1 Å². The van der Waals surface area contributed by atoms with Crippen molar-refractivity contribution in [2.75, 3.05) is 11.9 Å². The Labute approximate surface area is 114 Å². The topological polar surface area (TPSA) is 29.3 Å². The molecule has 0 saturated carbocycles. The molecule has 17 heavy (non-hydrogen) atoms. The van der Waals surface area contributed by atoms with Gasteiger partial charge in [0.25, 0.3) is 0 Å². The number of rotatable bonds is 4. The molecular formula is C13H15BrN2S. The van der Waals surface area contributed by atoms with Gasteiger partial charge in [-0.3, -0.25) is 0 Å². The molecule has 4 heteroatoms. The third kappa shape index (κ3) is 3.09. The number of hydrogen-bond donors (Lipinski definition) is 1. The smallest absolute Gasteiger partial charge is 0.0519 e. The number of nitrogens with two attached hydrogens (primary N) is 1. The maximum absolute atomic E-state index is 5.77. The molecule has 0 saturated heterocycles. The zero-order valence-corrected chi connectivity index (χ0v) is 12.1. The molecule has 1 aromatic heterocycles. The van der Waals surface area contributed by atoms with Crippen molar-refractivity contribution in [3.63, 3.8) is 0 Å². The van der Waals surface area contributed by atoms with Crippen LogP contribution in [0.5, 0.6) is 0 Å². The van der Waals surface area contributed by atoms with Gasteiger partial charge < -0.3 is 10.6 Å². The van der Waals surface area contributed by atoms with Crippen LogP contribution in [0.1, 0.15) is 10.4 Å². The standard InChI is InChI=1S/C13H15BrN2S/c1-16(9-12-3-2-6-17-12)13-7-11(14)5-4-10(13)8-15/h2-7H,8-9,15H2,1H3. The van der Waals surface area contributed by atoms with Crippen molar-refractivity contribution in [1.82, 2.24) is 0 Å². The fraction of sp³-hybridized carbons (Fsp3) is 0.231. The number of halogens is 1. The van der Waals surface area contributed by atoms with Gasteiger partial charge in [-0.2, -0.15) is 0 Å². The molecule has 0 aliphatic heterocycles. The molecule has 1 aromatic carbocycles. The summed E-state index contributed by atoms with van der Waals surface area (Å²) in [7, 11) is 2.10. The first kappa shape index (κ1) is 12.6. The largest absolute Gasteiger partial charge is 0.369 e. The normalized spacial score (nSPS) is 10.5. The van der Waals surface area contributed by atoms with Crippen LogP contribution in [0.3, 0.4) is 0 Å². The van der Waals surface area contributed by atoms with Crippen LogP contribution >= 0.6 is 27.3 Å². The minimum Gasteiger partial charge on any atom is -0.369 e. The Balaban J connectivity index is 2.23. The van der Waals surface area contributed by atoms with E-state index in [2.05, 4.69) is 57.5 Å². The van der Waals surface area contributed by atoms with Crippen molar-refractivity contribution in [3.8, 4) is 0 Å². The molecule has 90 valence electrons. The molecule has 0 amide bonds. The van der Waals surface area contributed by atoms with Crippen LogP contribution in [-0.4, -0.2) is 7.05 Å². The van der Waals surface area contributed by atoms with E-state index in [0.29, 0.717) is 6.54 Å². The molecule has 2 rings (SSSR count). The fourth-order valence-electron chi connectivity index (χ4n) is 1.79. The quantitative estimate of drug-likeness (QED) is 0.935. The third-order valence-electron chi connectivity index (χ3n) is 2.65. The number of anilines is 1. The molecule has 0 bridgehead atoms. The molecule has 2 aromatic rings. The Kier molecular flexibility index (Phi) is 4.20. The summed E-state index contributed by atoms with van der Waals surface area (Å²) in [6.07, 6.45) is 0. The van der Waals surface area contributed by atoms with Gasteiger partial charge in [0.1, 0.15) is 0 Å². The van der Waals surface area contributed by atoms with Gasteiger partial charge in [0.15, 0.2) is 0 Å². The first-order valence-electron chi connectivity index (χ1n) is 5.42. The molecule has 0 spiro atoms. The highest BCUT2D eigenvalue weighted by Crippen LogP contribution is 2.26. The summed E-state index contributed by atoms with van der Waals surface area (Å²) in [5.74, 6) is 0. The van der Waals surface area contributed by atoms with E-state index in [1.807, 2.05) is 6.07 Å². The first-order valence-corrected chi connectivity index (χ1v) is 7.10. The van der Waals surface area contributed by atoms with E-state index in [1.165, 1.54) is 16.1 Å². The Morgan fingerprint density at radius 3 is 2.82 bits per heavy atom. The molecule has 1 heterocycles. The molecule has 2 N–H and O–H groups in total. The van der Waals surface area contributed by atoms with Crippen LogP contribution in [0.25, 0.3) is 0 Å². The fourth-order valence-corrected chi connectivity index (χ4v) is 2.89. The molecule has 0 unspecified atom stereocenters. The lowest BCUT2D eigenvalue weighted by atomic mass is 10.1. The zero-order chi connectivity index (χ0) is 12.3. The van der Waals surface area contributed by atoms with Crippen molar-refractivity contribution < 1.29 is 0 Å². The summed E-state index contributed by atoms with van der Waals surface area (Å²) >= 11 is 5.29. The highest BCUT2D eigenvalue weighted by atomic mass is 79.9. The molecule has 0 aliphatic rings. The predicted molar refractivity (Wildman–Crippen MR) is 78.5 cm³/mol. The van der Waals surface area contributed by atoms with Crippen LogP contribution in [0, 0.1) is 0 Å². The molecular weight excluding hydrogens is 296 g/mol. The van der Waals surface area contributed by atoms with Crippen molar-refractivity contribution in [1.29, 1.82) is 0 Å². The zero-order valence-electron chi connectivity index (χ0n) is 9.69. The Bertz CT molecular complexity index is 482. The molecule has 0 atom stereocenters. The minimum atomic E-state index is 0.567. The van der Waals surface area contributed by atoms with E-state index in [1.54, 1.807) is 11.3 Å². The minimum absolute atomic E-state index is 0.567. The lowest BCUT2D eigenvalue weighted by Gasteiger charge is -2.21. The average Bonchev–Trinajstić information content (AvgIpc) is 2.81. The van der Waals surface area contributed by atoms with Gasteiger partial charge in [0.2, 0.25) is 0 Å². The van der Waals surface area contributed by atoms with E-state index in [0.717, 1.165) is 11.0 Å². The van der Waals surface area contributed by atoms with Gasteiger partial charge in [0, 0.05) is 28.6 Å². The maximum Gasteiger partial charge on any atom is 0.0519 e. The van der Waals surface area contributed by atoms with Gasteiger partial charge in [-0.15, -0.1) is 11.3 Å². The van der Waals surface area contributed by atoms with Crippen molar-refractivity contribution in [2.45, 2.75) is 13.1 Å². The van der Waals surface area contributed by atoms with Crippen LogP contribution in [0.15, 0.2) is 40.2 Å². The highest BCUT2D eigenvalue weighted by molar-refractivity contribution is 9.10. The molecule has 0 fully saturated rings. The number of hydrogen-bond acceptors (Lipinski definition) is 3. The van der Waals surface area contributed by atoms with Gasteiger partial charge in [-0.05, 0) is 29.1 Å². The van der Waals surface area contributed by atoms with Crippen LogP contribution in [-0.2, 0) is 13.1 Å². The predicted octanol–water partition coefficient (Wildman–Crippen LogP) is 3.61. The number of benzene rings is 1. The number of nitrogens with zero attached hydrogens (tertiary/aromatic N) is 1. The monoisotopic (exact) mass is 310 g/mol. The highest BCUT2D eigenvalue weighted by Gasteiger charge is 2.08. The second-order valence-corrected chi connectivity index (χ2v) is 5.86. The Morgan fingerprint density at radius 2 is 2.18 bits per heavy atom. The Morgan fingerprint density at radius 1 is 1.35 bits per heavy atom. The van der Waals surface area contributed by atoms with E-state index in [9.17, 15) is 0 Å². The summed E-state index contributed by atoms with van der Waals surface area (Å²) in [5, 5.41) is 2.11. The summed E-state index contributed by atoms with van der Waals surface area (Å²) in [5.41, 5.74) is 8.14. The van der Waals surface area contributed by atoms with E-state index in [-0.39, 0.29) is 0 Å². The SMILES string of the molecule is CN(Cc1cccs1)c1cc(Br)ccc1CN. The van der Waals surface area contributed by atoms with E-state index >= 15 is 0 Å². The lowest BCUT2D eigenvalue weighted by molar-refractivity contribution is 0.917. The molecule has 0 radical (unpaired) electrons. The summed E-state index contributed by atoms with van der Waals surface area (Å²) in [4.78, 5) is 3.59. The van der Waals surface area contributed by atoms with Crippen molar-refractivity contribution in [3.05, 3.63) is 50.6 Å². The van der Waals surface area contributed by atoms with Crippen LogP contribution in [0.2, 0.25) is 0 Å². The van der Waals surface area contributed by atoms with Gasteiger partial charge in [-0.25, -0.2) is 0 Å². The van der Waals surface area contributed by atoms with Gasteiger partial charge in [0.05, 0.1) is 6.54 Å². The first-order chi connectivity index (χ1) is 8.20. The number of thiophene rings is 1. The summed E-state index contributed by atoms with van der Waals surface area (Å²) in [6.45, 7) is 1.48. The summed E-state index contributed by atoms with van der Waals surface area (Å²) in [6, 6.07) is 10.5. The third-order valence-corrected chi connectivity index (χ3v) is 4.01. The van der Waals surface area contributed by atoms with Crippen molar-refractivity contribution >= 4 is 33.0 Å². The second-order valence-electron chi connectivity index (χ2n) is 3.91. The van der Waals surface area contributed by atoms with Gasteiger partial charge >= 0.3 is 0 Å². The van der Waals surface area contributed by atoms with Crippen LogP contribution < -0.4 is 10.6 Å². The lowest BCUT2D eigenvalue weighted by Crippen LogP contribution is -2.18. The Hall–Kier alpha value is -0.840.